The number of hydrogen-bond donors (Lipinski definition) is 1. The van der Waals surface area contributed by atoms with E-state index in [1.54, 1.807) is 13.3 Å². The minimum absolute atomic E-state index is 0.220. The molecular weight excluding hydrogens is 350 g/mol. The van der Waals surface area contributed by atoms with E-state index in [-0.39, 0.29) is 5.91 Å². The van der Waals surface area contributed by atoms with E-state index in [9.17, 15) is 4.79 Å². The van der Waals surface area contributed by atoms with Gasteiger partial charge in [0.1, 0.15) is 5.75 Å². The minimum Gasteiger partial charge on any atom is -0.496 e. The maximum atomic E-state index is 12.4. The molecule has 1 N–H and O–H groups in total. The topological polar surface area (TPSA) is 53.9 Å². The number of anilines is 1. The van der Waals surface area contributed by atoms with Crippen LogP contribution in [0.4, 0.5) is 5.69 Å². The van der Waals surface area contributed by atoms with Crippen molar-refractivity contribution < 1.29 is 9.53 Å². The van der Waals surface area contributed by atoms with E-state index in [4.69, 9.17) is 4.74 Å². The van der Waals surface area contributed by atoms with Gasteiger partial charge in [-0.25, -0.2) is 5.43 Å². The van der Waals surface area contributed by atoms with Crippen molar-refractivity contribution in [1.82, 2.24) is 5.43 Å². The second kappa shape index (κ2) is 8.13. The van der Waals surface area contributed by atoms with Crippen molar-refractivity contribution in [2.45, 2.75) is 12.8 Å². The van der Waals surface area contributed by atoms with E-state index in [0.29, 0.717) is 5.56 Å². The molecule has 1 fully saturated rings. The summed E-state index contributed by atoms with van der Waals surface area (Å²) in [6.07, 6.45) is 4.13. The van der Waals surface area contributed by atoms with Crippen LogP contribution >= 0.6 is 0 Å². The second-order valence-electron chi connectivity index (χ2n) is 6.84. The highest BCUT2D eigenvalue weighted by Gasteiger charge is 2.13. The summed E-state index contributed by atoms with van der Waals surface area (Å²) >= 11 is 0. The molecule has 1 heterocycles. The van der Waals surface area contributed by atoms with Crippen molar-refractivity contribution in [3.63, 3.8) is 0 Å². The monoisotopic (exact) mass is 373 g/mol. The molecule has 1 aliphatic heterocycles. The Bertz CT molecular complexity index is 1010. The summed E-state index contributed by atoms with van der Waals surface area (Å²) in [5, 5.41) is 6.18. The number of carbonyl (C=O) groups excluding carboxylic acids is 1. The molecule has 0 aliphatic carbocycles. The Morgan fingerprint density at radius 2 is 1.71 bits per heavy atom. The quantitative estimate of drug-likeness (QED) is 0.538. The van der Waals surface area contributed by atoms with Gasteiger partial charge in [0.15, 0.2) is 0 Å². The standard InChI is InChI=1S/C23H23N3O2/c1-28-22-13-10-18(20-6-2-3-7-21(20)22)16-24-25-23(27)17-8-11-19(12-9-17)26-14-4-5-15-26/h2-3,6-13,16H,4-5,14-15H2,1H3,(H,25,27)/b24-16-. The number of amides is 1. The average Bonchev–Trinajstić information content (AvgIpc) is 3.29. The summed E-state index contributed by atoms with van der Waals surface area (Å²) in [4.78, 5) is 14.7. The van der Waals surface area contributed by atoms with E-state index < -0.39 is 0 Å². The molecule has 1 saturated heterocycles. The Morgan fingerprint density at radius 1 is 1.00 bits per heavy atom. The molecule has 0 aromatic heterocycles. The first-order chi connectivity index (χ1) is 13.8. The third-order valence-corrected chi connectivity index (χ3v) is 5.11. The van der Waals surface area contributed by atoms with E-state index in [1.807, 2.05) is 60.7 Å². The predicted octanol–water partition coefficient (Wildman–Crippen LogP) is 4.21. The number of ether oxygens (including phenoxy) is 1. The van der Waals surface area contributed by atoms with E-state index >= 15 is 0 Å². The number of hydrogen-bond acceptors (Lipinski definition) is 4. The zero-order valence-electron chi connectivity index (χ0n) is 15.9. The van der Waals surface area contributed by atoms with Crippen LogP contribution in [-0.2, 0) is 0 Å². The van der Waals surface area contributed by atoms with Gasteiger partial charge in [0.25, 0.3) is 5.91 Å². The van der Waals surface area contributed by atoms with Crippen LogP contribution in [0.5, 0.6) is 5.75 Å². The molecular formula is C23H23N3O2. The summed E-state index contributed by atoms with van der Waals surface area (Å²) in [6.45, 7) is 2.18. The lowest BCUT2D eigenvalue weighted by Crippen LogP contribution is -2.19. The number of nitrogens with zero attached hydrogens (tertiary/aromatic N) is 2. The summed E-state index contributed by atoms with van der Waals surface area (Å²) < 4.78 is 5.41. The van der Waals surface area contributed by atoms with Crippen molar-refractivity contribution in [3.05, 3.63) is 71.8 Å². The average molecular weight is 373 g/mol. The van der Waals surface area contributed by atoms with Gasteiger partial charge in [0.05, 0.1) is 13.3 Å². The van der Waals surface area contributed by atoms with Gasteiger partial charge in [-0.1, -0.05) is 24.3 Å². The predicted molar refractivity (Wildman–Crippen MR) is 113 cm³/mol. The molecule has 1 aliphatic rings. The lowest BCUT2D eigenvalue weighted by Gasteiger charge is -2.17. The molecule has 0 spiro atoms. The Labute approximate surface area is 164 Å². The van der Waals surface area contributed by atoms with Gasteiger partial charge in [0.2, 0.25) is 0 Å². The van der Waals surface area contributed by atoms with Crippen LogP contribution in [0.25, 0.3) is 10.8 Å². The molecule has 0 atom stereocenters. The van der Waals surface area contributed by atoms with Crippen LogP contribution < -0.4 is 15.1 Å². The van der Waals surface area contributed by atoms with E-state index in [0.717, 1.165) is 35.2 Å². The number of benzene rings is 3. The molecule has 5 heteroatoms. The molecule has 0 unspecified atom stereocenters. The van der Waals surface area contributed by atoms with Gasteiger partial charge in [-0.15, -0.1) is 0 Å². The zero-order chi connectivity index (χ0) is 19.3. The summed E-state index contributed by atoms with van der Waals surface area (Å²) in [5.74, 6) is 0.594. The summed E-state index contributed by atoms with van der Waals surface area (Å²) in [6, 6.07) is 19.5. The van der Waals surface area contributed by atoms with Gasteiger partial charge in [0, 0.05) is 35.3 Å². The van der Waals surface area contributed by atoms with E-state index in [1.165, 1.54) is 18.5 Å². The van der Waals surface area contributed by atoms with Gasteiger partial charge >= 0.3 is 0 Å². The maximum Gasteiger partial charge on any atom is 0.271 e. The lowest BCUT2D eigenvalue weighted by atomic mass is 10.0. The van der Waals surface area contributed by atoms with Crippen molar-refractivity contribution in [2.75, 3.05) is 25.1 Å². The summed E-state index contributed by atoms with van der Waals surface area (Å²) in [5.41, 5.74) is 5.30. The molecule has 0 saturated carbocycles. The number of methoxy groups -OCH3 is 1. The zero-order valence-corrected chi connectivity index (χ0v) is 15.9. The third-order valence-electron chi connectivity index (χ3n) is 5.11. The Kier molecular flexibility index (Phi) is 5.24. The van der Waals surface area contributed by atoms with Gasteiger partial charge in [-0.2, -0.15) is 5.10 Å². The first kappa shape index (κ1) is 18.0. The van der Waals surface area contributed by atoms with Crippen molar-refractivity contribution >= 4 is 28.6 Å². The molecule has 1 amide bonds. The molecule has 142 valence electrons. The van der Waals surface area contributed by atoms with Crippen LogP contribution in [0, 0.1) is 0 Å². The summed E-state index contributed by atoms with van der Waals surface area (Å²) in [7, 11) is 1.66. The molecule has 0 radical (unpaired) electrons. The second-order valence-corrected chi connectivity index (χ2v) is 6.84. The van der Waals surface area contributed by atoms with Crippen LogP contribution in [-0.4, -0.2) is 32.3 Å². The number of fused-ring (bicyclic) bond motifs is 1. The normalized spacial score (nSPS) is 14.0. The fourth-order valence-electron chi connectivity index (χ4n) is 3.61. The Morgan fingerprint density at radius 3 is 2.43 bits per heavy atom. The fourth-order valence-corrected chi connectivity index (χ4v) is 3.61. The smallest absolute Gasteiger partial charge is 0.271 e. The van der Waals surface area contributed by atoms with Gasteiger partial charge < -0.3 is 9.64 Å². The molecule has 5 nitrogen and oxygen atoms in total. The largest absolute Gasteiger partial charge is 0.496 e. The highest BCUT2D eigenvalue weighted by molar-refractivity contribution is 6.03. The number of nitrogens with one attached hydrogen (secondary N) is 1. The first-order valence-corrected chi connectivity index (χ1v) is 9.50. The highest BCUT2D eigenvalue weighted by atomic mass is 16.5. The third kappa shape index (κ3) is 3.69. The van der Waals surface area contributed by atoms with E-state index in [2.05, 4.69) is 15.4 Å². The van der Waals surface area contributed by atoms with Crippen LogP contribution in [0.2, 0.25) is 0 Å². The SMILES string of the molecule is COc1ccc(/C=N\NC(=O)c2ccc(N3CCCC3)cc2)c2ccccc12. The van der Waals surface area contributed by atoms with Crippen molar-refractivity contribution in [2.24, 2.45) is 5.10 Å². The number of hydrazone groups is 1. The van der Waals surface area contributed by atoms with Crippen molar-refractivity contribution in [1.29, 1.82) is 0 Å². The van der Waals surface area contributed by atoms with Crippen LogP contribution in [0.3, 0.4) is 0 Å². The fraction of sp³-hybridized carbons (Fsp3) is 0.217. The number of carbonyl (C=O) groups is 1. The molecule has 28 heavy (non-hydrogen) atoms. The van der Waals surface area contributed by atoms with Gasteiger partial charge in [-0.05, 0) is 54.6 Å². The van der Waals surface area contributed by atoms with Crippen molar-refractivity contribution in [3.8, 4) is 5.75 Å². The molecule has 3 aromatic carbocycles. The number of rotatable bonds is 5. The Balaban J connectivity index is 1.46. The highest BCUT2D eigenvalue weighted by Crippen LogP contribution is 2.27. The lowest BCUT2D eigenvalue weighted by molar-refractivity contribution is 0.0955. The maximum absolute atomic E-state index is 12.4. The van der Waals surface area contributed by atoms with Crippen LogP contribution in [0.1, 0.15) is 28.8 Å². The molecule has 4 rings (SSSR count). The minimum atomic E-state index is -0.220. The van der Waals surface area contributed by atoms with Gasteiger partial charge in [-0.3, -0.25) is 4.79 Å². The van der Waals surface area contributed by atoms with Crippen LogP contribution in [0.15, 0.2) is 65.8 Å². The Hall–Kier alpha value is -3.34. The first-order valence-electron chi connectivity index (χ1n) is 9.50. The molecule has 0 bridgehead atoms. The molecule has 3 aromatic rings.